The number of methoxy groups -OCH3 is 1. The molecule has 0 heterocycles. The number of ether oxygens (including phenoxy) is 1. The summed E-state index contributed by atoms with van der Waals surface area (Å²) in [4.78, 5) is 21.9. The topological polar surface area (TPSA) is 43.4 Å². The van der Waals surface area contributed by atoms with E-state index in [0.717, 1.165) is 0 Å². The normalized spacial score (nSPS) is 9.64. The van der Waals surface area contributed by atoms with E-state index in [1.165, 1.54) is 7.11 Å². The van der Waals surface area contributed by atoms with Crippen molar-refractivity contribution < 1.29 is 14.3 Å². The van der Waals surface area contributed by atoms with E-state index in [0.29, 0.717) is 26.4 Å². The lowest BCUT2D eigenvalue weighted by Crippen LogP contribution is -2.04. The van der Waals surface area contributed by atoms with Gasteiger partial charge >= 0.3 is 5.97 Å². The smallest absolute Gasteiger partial charge is 0.339 e. The van der Waals surface area contributed by atoms with Crippen LogP contribution in [-0.2, 0) is 4.74 Å². The zero-order valence-corrected chi connectivity index (χ0v) is 10.4. The third-order valence-electron chi connectivity index (χ3n) is 1.60. The number of halogens is 2. The van der Waals surface area contributed by atoms with Gasteiger partial charge in [0.2, 0.25) is 0 Å². The monoisotopic (exact) mass is 320 g/mol. The van der Waals surface area contributed by atoms with Crippen molar-refractivity contribution in [3.05, 3.63) is 32.2 Å². The van der Waals surface area contributed by atoms with Crippen molar-refractivity contribution in [3.8, 4) is 0 Å². The Labute approximate surface area is 97.7 Å². The van der Waals surface area contributed by atoms with Crippen molar-refractivity contribution >= 4 is 44.1 Å². The molecule has 0 saturated heterocycles. The molecule has 14 heavy (non-hydrogen) atoms. The van der Waals surface area contributed by atoms with Crippen LogP contribution in [0.4, 0.5) is 0 Å². The van der Waals surface area contributed by atoms with Crippen LogP contribution in [0.1, 0.15) is 20.7 Å². The van der Waals surface area contributed by atoms with Gasteiger partial charge in [0.1, 0.15) is 0 Å². The largest absolute Gasteiger partial charge is 0.465 e. The lowest BCUT2D eigenvalue weighted by molar-refractivity contribution is 0.0599. The van der Waals surface area contributed by atoms with Gasteiger partial charge in [-0.25, -0.2) is 4.79 Å². The maximum absolute atomic E-state index is 11.3. The first-order valence-corrected chi connectivity index (χ1v) is 5.21. The van der Waals surface area contributed by atoms with E-state index in [9.17, 15) is 9.59 Å². The van der Waals surface area contributed by atoms with Gasteiger partial charge in [-0.05, 0) is 28.1 Å². The number of carbonyl (C=O) groups excluding carboxylic acids is 2. The van der Waals surface area contributed by atoms with Crippen molar-refractivity contribution in [2.75, 3.05) is 7.11 Å². The molecule has 0 unspecified atom stereocenters. The van der Waals surface area contributed by atoms with Gasteiger partial charge in [-0.3, -0.25) is 4.79 Å². The highest BCUT2D eigenvalue weighted by molar-refractivity contribution is 9.11. The third kappa shape index (κ3) is 2.22. The molecule has 74 valence electrons. The quantitative estimate of drug-likeness (QED) is 0.621. The zero-order valence-electron chi connectivity index (χ0n) is 7.21. The minimum Gasteiger partial charge on any atom is -0.465 e. The van der Waals surface area contributed by atoms with Crippen molar-refractivity contribution in [2.45, 2.75) is 0 Å². The molecule has 0 aliphatic carbocycles. The molecule has 0 radical (unpaired) electrons. The molecule has 1 rings (SSSR count). The number of rotatable bonds is 2. The summed E-state index contributed by atoms with van der Waals surface area (Å²) in [7, 11) is 1.29. The summed E-state index contributed by atoms with van der Waals surface area (Å²) in [6.07, 6.45) is 0.668. The summed E-state index contributed by atoms with van der Waals surface area (Å²) >= 11 is 6.36. The second-order valence-electron chi connectivity index (χ2n) is 2.47. The minimum absolute atomic E-state index is 0.323. The van der Waals surface area contributed by atoms with E-state index >= 15 is 0 Å². The first kappa shape index (κ1) is 11.4. The summed E-state index contributed by atoms with van der Waals surface area (Å²) in [5, 5.41) is 0. The van der Waals surface area contributed by atoms with E-state index in [1.807, 2.05) is 0 Å². The standard InChI is InChI=1S/C9H6Br2O3/c1-14-9(13)7-3-6(10)2-5(4-12)8(7)11/h2-4H,1H3. The van der Waals surface area contributed by atoms with Crippen LogP contribution in [0.3, 0.4) is 0 Å². The van der Waals surface area contributed by atoms with E-state index in [4.69, 9.17) is 0 Å². The van der Waals surface area contributed by atoms with Gasteiger partial charge < -0.3 is 4.74 Å². The fourth-order valence-electron chi connectivity index (χ4n) is 0.955. The highest BCUT2D eigenvalue weighted by Gasteiger charge is 2.14. The molecule has 5 heteroatoms. The maximum atomic E-state index is 11.3. The molecule has 3 nitrogen and oxygen atoms in total. The predicted molar refractivity (Wildman–Crippen MR) is 58.6 cm³/mol. The van der Waals surface area contributed by atoms with Gasteiger partial charge in [-0.2, -0.15) is 0 Å². The molecule has 0 aliphatic rings. The summed E-state index contributed by atoms with van der Waals surface area (Å²) in [6, 6.07) is 3.20. The third-order valence-corrected chi connectivity index (χ3v) is 2.94. The van der Waals surface area contributed by atoms with Crippen LogP contribution in [0.2, 0.25) is 0 Å². The van der Waals surface area contributed by atoms with Gasteiger partial charge in [0.05, 0.1) is 12.7 Å². The number of benzene rings is 1. The molecular formula is C9H6Br2O3. The van der Waals surface area contributed by atoms with E-state index in [-0.39, 0.29) is 0 Å². The van der Waals surface area contributed by atoms with Gasteiger partial charge in [0.15, 0.2) is 6.29 Å². The van der Waals surface area contributed by atoms with E-state index in [1.54, 1.807) is 12.1 Å². The molecule has 1 aromatic carbocycles. The van der Waals surface area contributed by atoms with Crippen LogP contribution >= 0.6 is 31.9 Å². The van der Waals surface area contributed by atoms with E-state index in [2.05, 4.69) is 36.6 Å². The van der Waals surface area contributed by atoms with Crippen molar-refractivity contribution in [3.63, 3.8) is 0 Å². The predicted octanol–water partition coefficient (Wildman–Crippen LogP) is 2.81. The molecule has 0 aliphatic heterocycles. The fraction of sp³-hybridized carbons (Fsp3) is 0.111. The molecule has 0 fully saturated rings. The first-order chi connectivity index (χ1) is 6.60. The molecule has 0 atom stereocenters. The average Bonchev–Trinajstić information content (AvgIpc) is 2.19. The van der Waals surface area contributed by atoms with Crippen LogP contribution in [0.5, 0.6) is 0 Å². The van der Waals surface area contributed by atoms with Crippen molar-refractivity contribution in [2.24, 2.45) is 0 Å². The average molecular weight is 322 g/mol. The summed E-state index contributed by atoms with van der Waals surface area (Å²) in [6.45, 7) is 0. The summed E-state index contributed by atoms with van der Waals surface area (Å²) < 4.78 is 5.67. The molecule has 0 N–H and O–H groups in total. The molecule has 1 aromatic rings. The van der Waals surface area contributed by atoms with Crippen LogP contribution < -0.4 is 0 Å². The number of hydrogen-bond donors (Lipinski definition) is 0. The zero-order chi connectivity index (χ0) is 10.7. The highest BCUT2D eigenvalue weighted by Crippen LogP contribution is 2.26. The molecule has 0 bridgehead atoms. The van der Waals surface area contributed by atoms with Crippen LogP contribution in [-0.4, -0.2) is 19.4 Å². The van der Waals surface area contributed by atoms with Gasteiger partial charge in [-0.1, -0.05) is 15.9 Å². The lowest BCUT2D eigenvalue weighted by atomic mass is 10.1. The second kappa shape index (κ2) is 4.70. The second-order valence-corrected chi connectivity index (χ2v) is 4.17. The number of carbonyl (C=O) groups is 2. The Hall–Kier alpha value is -0.680. The van der Waals surface area contributed by atoms with E-state index < -0.39 is 5.97 Å². The number of esters is 1. The number of aldehydes is 1. The Morgan fingerprint density at radius 3 is 2.57 bits per heavy atom. The minimum atomic E-state index is -0.485. The maximum Gasteiger partial charge on any atom is 0.339 e. The summed E-state index contributed by atoms with van der Waals surface area (Å²) in [5.41, 5.74) is 0.726. The number of hydrogen-bond acceptors (Lipinski definition) is 3. The van der Waals surface area contributed by atoms with Crippen LogP contribution in [0.15, 0.2) is 21.1 Å². The molecule has 0 spiro atoms. The van der Waals surface area contributed by atoms with Crippen LogP contribution in [0.25, 0.3) is 0 Å². The Balaban J connectivity index is 3.36. The van der Waals surface area contributed by atoms with Crippen molar-refractivity contribution in [1.29, 1.82) is 0 Å². The Bertz CT molecular complexity index is 388. The Morgan fingerprint density at radius 2 is 2.07 bits per heavy atom. The fourth-order valence-corrected chi connectivity index (χ4v) is 1.91. The Kier molecular flexibility index (Phi) is 3.83. The Morgan fingerprint density at radius 1 is 1.43 bits per heavy atom. The molecule has 0 amide bonds. The summed E-state index contributed by atoms with van der Waals surface area (Å²) in [5.74, 6) is -0.485. The molecule has 0 saturated carbocycles. The van der Waals surface area contributed by atoms with Gasteiger partial charge in [-0.15, -0.1) is 0 Å². The van der Waals surface area contributed by atoms with Gasteiger partial charge in [0, 0.05) is 14.5 Å². The first-order valence-electron chi connectivity index (χ1n) is 3.62. The van der Waals surface area contributed by atoms with Crippen LogP contribution in [0, 0.1) is 0 Å². The van der Waals surface area contributed by atoms with Gasteiger partial charge in [0.25, 0.3) is 0 Å². The molecule has 0 aromatic heterocycles. The SMILES string of the molecule is COC(=O)c1cc(Br)cc(C=O)c1Br. The van der Waals surface area contributed by atoms with Crippen molar-refractivity contribution in [1.82, 2.24) is 0 Å². The molecular weight excluding hydrogens is 316 g/mol. The lowest BCUT2D eigenvalue weighted by Gasteiger charge is -2.05. The highest BCUT2D eigenvalue weighted by atomic mass is 79.9.